The Balaban J connectivity index is -0.000000126. The van der Waals surface area contributed by atoms with Crippen molar-refractivity contribution in [3.63, 3.8) is 0 Å². The molecule has 0 fully saturated rings. The fourth-order valence-electron chi connectivity index (χ4n) is 0. The molecule has 0 radical (unpaired) electrons. The maximum atomic E-state index is 9.22. The van der Waals surface area contributed by atoms with Gasteiger partial charge in [0.25, 0.3) is 0 Å². The normalized spacial score (nSPS) is 12.2. The summed E-state index contributed by atoms with van der Waals surface area (Å²) in [4.78, 5) is 14.9. The second-order valence-corrected chi connectivity index (χ2v) is 2.83. The SMILES string of the molecule is O=P(O)(O)OO.[CH2-]C(O)CCl.[Na+]. The fourth-order valence-corrected chi connectivity index (χ4v) is 0. The van der Waals surface area contributed by atoms with Gasteiger partial charge in [-0.2, -0.15) is 0 Å². The quantitative estimate of drug-likeness (QED) is 0.101. The van der Waals surface area contributed by atoms with Crippen molar-refractivity contribution < 1.29 is 58.9 Å². The van der Waals surface area contributed by atoms with Gasteiger partial charge in [-0.25, -0.2) is 9.82 Å². The Morgan fingerprint density at radius 3 is 1.75 bits per heavy atom. The van der Waals surface area contributed by atoms with Crippen LogP contribution < -0.4 is 29.6 Å². The van der Waals surface area contributed by atoms with Crippen molar-refractivity contribution in [1.29, 1.82) is 0 Å². The summed E-state index contributed by atoms with van der Waals surface area (Å²) in [5.74, 6) is 0.222. The zero-order chi connectivity index (χ0) is 9.49. The van der Waals surface area contributed by atoms with Crippen LogP contribution in [0.1, 0.15) is 0 Å². The average molecular weight is 231 g/mol. The minimum atomic E-state index is -4.59. The smallest absolute Gasteiger partial charge is 0.424 e. The van der Waals surface area contributed by atoms with Crippen LogP contribution in [0.3, 0.4) is 0 Å². The molecule has 0 aromatic rings. The molecule has 0 aromatic carbocycles. The monoisotopic (exact) mass is 230 g/mol. The van der Waals surface area contributed by atoms with E-state index in [0.717, 1.165) is 0 Å². The van der Waals surface area contributed by atoms with E-state index in [9.17, 15) is 4.57 Å². The van der Waals surface area contributed by atoms with E-state index in [1.54, 1.807) is 0 Å². The predicted molar refractivity (Wildman–Crippen MR) is 37.8 cm³/mol. The third-order valence-corrected chi connectivity index (χ3v) is 0.853. The first-order valence-electron chi connectivity index (χ1n) is 2.29. The minimum Gasteiger partial charge on any atom is -0.424 e. The number of aliphatic hydroxyl groups excluding tert-OH is 1. The summed E-state index contributed by atoms with van der Waals surface area (Å²) < 4.78 is 11.8. The Labute approximate surface area is 97.0 Å². The van der Waals surface area contributed by atoms with Gasteiger partial charge in [0.2, 0.25) is 0 Å². The van der Waals surface area contributed by atoms with E-state index < -0.39 is 13.9 Å². The van der Waals surface area contributed by atoms with Crippen molar-refractivity contribution >= 4 is 19.4 Å². The number of hydrogen-bond donors (Lipinski definition) is 4. The first kappa shape index (κ1) is 19.0. The maximum Gasteiger partial charge on any atom is 1.00 e. The molecule has 0 aliphatic rings. The second-order valence-electron chi connectivity index (χ2n) is 1.38. The van der Waals surface area contributed by atoms with E-state index in [0.29, 0.717) is 0 Å². The van der Waals surface area contributed by atoms with E-state index in [1.807, 2.05) is 0 Å². The molecule has 0 saturated carbocycles. The van der Waals surface area contributed by atoms with Crippen LogP contribution in [0, 0.1) is 6.92 Å². The van der Waals surface area contributed by atoms with Crippen LogP contribution in [0.15, 0.2) is 0 Å². The van der Waals surface area contributed by atoms with Gasteiger partial charge in [-0.3, -0.25) is 0 Å². The van der Waals surface area contributed by atoms with Gasteiger partial charge in [-0.1, -0.05) is 6.10 Å². The Hall–Kier alpha value is 1.32. The van der Waals surface area contributed by atoms with E-state index >= 15 is 0 Å². The molecular weight excluding hydrogens is 221 g/mol. The van der Waals surface area contributed by atoms with E-state index in [-0.39, 0.29) is 35.4 Å². The molecule has 0 heterocycles. The van der Waals surface area contributed by atoms with Crippen molar-refractivity contribution in [2.75, 3.05) is 5.88 Å². The molecule has 9 heteroatoms. The third-order valence-electron chi connectivity index (χ3n) is 0.284. The van der Waals surface area contributed by atoms with Crippen LogP contribution in [0.25, 0.3) is 0 Å². The van der Waals surface area contributed by atoms with Gasteiger partial charge in [0.05, 0.1) is 0 Å². The molecule has 0 aromatic heterocycles. The van der Waals surface area contributed by atoms with Gasteiger partial charge < -0.3 is 21.8 Å². The number of aliphatic hydroxyl groups is 1. The minimum absolute atomic E-state index is 0. The third kappa shape index (κ3) is 30.2. The molecule has 0 aliphatic carbocycles. The van der Waals surface area contributed by atoms with Crippen molar-refractivity contribution in [2.24, 2.45) is 0 Å². The van der Waals surface area contributed by atoms with Crippen LogP contribution in [0.5, 0.6) is 0 Å². The number of phosphoric acid groups is 1. The summed E-state index contributed by atoms with van der Waals surface area (Å²) in [5.41, 5.74) is 0. The Morgan fingerprint density at radius 2 is 1.75 bits per heavy atom. The standard InChI is InChI=1S/C3H6ClO.Na.H3O5P/c1-3(5)2-4;;1-5-6(2,3)4/h3,5H,1-2H2;;1H,(H2,2,3,4)/q-1;+1;. The molecular formula is C3H9ClNaO6P. The zero-order valence-electron chi connectivity index (χ0n) is 6.42. The van der Waals surface area contributed by atoms with E-state index in [2.05, 4.69) is 11.6 Å². The van der Waals surface area contributed by atoms with Crippen LogP contribution in [0.2, 0.25) is 0 Å². The molecule has 0 spiro atoms. The van der Waals surface area contributed by atoms with Gasteiger partial charge in [-0.05, 0) is 0 Å². The molecule has 0 rings (SSSR count). The first-order chi connectivity index (χ1) is 4.83. The summed E-state index contributed by atoms with van der Waals surface area (Å²) >= 11 is 5.02. The number of alkyl halides is 1. The van der Waals surface area contributed by atoms with Crippen molar-refractivity contribution in [2.45, 2.75) is 6.10 Å². The largest absolute Gasteiger partial charge is 1.00 e. The Kier molecular flexibility index (Phi) is 16.5. The van der Waals surface area contributed by atoms with Crippen LogP contribution >= 0.6 is 19.4 Å². The van der Waals surface area contributed by atoms with E-state index in [1.165, 1.54) is 0 Å². The van der Waals surface area contributed by atoms with Crippen molar-refractivity contribution in [3.05, 3.63) is 6.92 Å². The van der Waals surface area contributed by atoms with E-state index in [4.69, 9.17) is 31.8 Å². The summed E-state index contributed by atoms with van der Waals surface area (Å²) in [6.45, 7) is 3.18. The molecule has 4 N–H and O–H groups in total. The van der Waals surface area contributed by atoms with Crippen LogP contribution in [0.4, 0.5) is 0 Å². The summed E-state index contributed by atoms with van der Waals surface area (Å²) in [6, 6.07) is 0. The topological polar surface area (TPSA) is 107 Å². The molecule has 1 unspecified atom stereocenters. The molecule has 1 atom stereocenters. The van der Waals surface area contributed by atoms with Gasteiger partial charge in [0, 0.05) is 5.88 Å². The van der Waals surface area contributed by atoms with Crippen molar-refractivity contribution in [1.82, 2.24) is 0 Å². The Morgan fingerprint density at radius 1 is 1.58 bits per heavy atom. The molecule has 0 saturated heterocycles. The molecule has 0 aliphatic heterocycles. The molecule has 0 bridgehead atoms. The molecule has 6 nitrogen and oxygen atoms in total. The first-order valence-corrected chi connectivity index (χ1v) is 4.35. The molecule has 12 heavy (non-hydrogen) atoms. The second kappa shape index (κ2) is 10.4. The van der Waals surface area contributed by atoms with Gasteiger partial charge in [0.15, 0.2) is 0 Å². The summed E-state index contributed by atoms with van der Waals surface area (Å²) in [7, 11) is -4.59. The fraction of sp³-hybridized carbons (Fsp3) is 0.667. The van der Waals surface area contributed by atoms with Crippen molar-refractivity contribution in [3.8, 4) is 0 Å². The number of halogens is 1. The Bertz CT molecular complexity index is 126. The van der Waals surface area contributed by atoms with Crippen LogP contribution in [-0.2, 0) is 9.24 Å². The van der Waals surface area contributed by atoms with Gasteiger partial charge in [0.1, 0.15) is 0 Å². The predicted octanol–water partition coefficient (Wildman–Crippen LogP) is -3.01. The number of rotatable bonds is 2. The maximum absolute atomic E-state index is 9.22. The number of hydrogen-bond acceptors (Lipinski definition) is 4. The van der Waals surface area contributed by atoms with Gasteiger partial charge >= 0.3 is 37.4 Å². The summed E-state index contributed by atoms with van der Waals surface area (Å²) in [6.07, 6.45) is -0.600. The molecule has 70 valence electrons. The van der Waals surface area contributed by atoms with Crippen LogP contribution in [-0.4, -0.2) is 32.1 Å². The zero-order valence-corrected chi connectivity index (χ0v) is 10.1. The van der Waals surface area contributed by atoms with Gasteiger partial charge in [-0.15, -0.1) is 16.3 Å². The average Bonchev–Trinajstić information content (AvgIpc) is 1.88. The molecule has 0 amide bonds. The summed E-state index contributed by atoms with van der Waals surface area (Å²) in [5, 5.41) is 15.3.